The molecule has 0 fully saturated rings. The SMILES string of the molecule is O=c1c(=O)n(C2=C=CCC2)ccn1Cc1cc(-c2cccc(F)c2)on1. The van der Waals surface area contributed by atoms with E-state index in [2.05, 4.69) is 10.9 Å². The second kappa shape index (κ2) is 6.46. The maximum atomic E-state index is 13.3. The van der Waals surface area contributed by atoms with Crippen molar-refractivity contribution in [1.29, 1.82) is 0 Å². The zero-order valence-electron chi connectivity index (χ0n) is 13.7. The van der Waals surface area contributed by atoms with Crippen LogP contribution in [-0.2, 0) is 6.54 Å². The van der Waals surface area contributed by atoms with E-state index in [1.165, 1.54) is 27.5 Å². The molecule has 130 valence electrons. The molecule has 0 unspecified atom stereocenters. The van der Waals surface area contributed by atoms with Gasteiger partial charge >= 0.3 is 11.1 Å². The van der Waals surface area contributed by atoms with Gasteiger partial charge in [-0.05, 0) is 31.1 Å². The molecule has 0 aliphatic heterocycles. The number of rotatable bonds is 4. The van der Waals surface area contributed by atoms with Crippen molar-refractivity contribution in [2.24, 2.45) is 0 Å². The van der Waals surface area contributed by atoms with Crippen LogP contribution in [0.4, 0.5) is 4.39 Å². The zero-order chi connectivity index (χ0) is 18.1. The smallest absolute Gasteiger partial charge is 0.321 e. The molecule has 2 heterocycles. The minimum atomic E-state index is -0.649. The second-order valence-corrected chi connectivity index (χ2v) is 5.93. The summed E-state index contributed by atoms with van der Waals surface area (Å²) in [7, 11) is 0. The van der Waals surface area contributed by atoms with Gasteiger partial charge in [-0.1, -0.05) is 17.3 Å². The van der Waals surface area contributed by atoms with Crippen molar-refractivity contribution in [3.63, 3.8) is 0 Å². The van der Waals surface area contributed by atoms with E-state index < -0.39 is 11.1 Å². The summed E-state index contributed by atoms with van der Waals surface area (Å²) in [4.78, 5) is 24.6. The van der Waals surface area contributed by atoms with Crippen LogP contribution in [0.15, 0.2) is 68.6 Å². The molecule has 26 heavy (non-hydrogen) atoms. The molecule has 0 atom stereocenters. The highest BCUT2D eigenvalue weighted by Gasteiger charge is 2.13. The van der Waals surface area contributed by atoms with Crippen molar-refractivity contribution in [1.82, 2.24) is 14.3 Å². The largest absolute Gasteiger partial charge is 0.356 e. The molecule has 1 aliphatic rings. The normalized spacial score (nSPS) is 13.2. The van der Waals surface area contributed by atoms with Crippen molar-refractivity contribution >= 4 is 5.70 Å². The molecule has 0 N–H and O–H groups in total. The number of aromatic nitrogens is 3. The number of hydrogen-bond donors (Lipinski definition) is 0. The third kappa shape index (κ3) is 2.96. The van der Waals surface area contributed by atoms with Crippen molar-refractivity contribution in [2.75, 3.05) is 0 Å². The summed E-state index contributed by atoms with van der Waals surface area (Å²) >= 11 is 0. The van der Waals surface area contributed by atoms with Gasteiger partial charge in [-0.2, -0.15) is 0 Å². The van der Waals surface area contributed by atoms with E-state index in [4.69, 9.17) is 4.52 Å². The Labute approximate surface area is 147 Å². The quantitative estimate of drug-likeness (QED) is 0.535. The molecular weight excluding hydrogens is 337 g/mol. The van der Waals surface area contributed by atoms with E-state index in [9.17, 15) is 14.0 Å². The lowest BCUT2D eigenvalue weighted by Gasteiger charge is -2.07. The fourth-order valence-corrected chi connectivity index (χ4v) is 2.85. The van der Waals surface area contributed by atoms with Crippen molar-refractivity contribution in [3.8, 4) is 11.3 Å². The highest BCUT2D eigenvalue weighted by atomic mass is 19.1. The predicted octanol–water partition coefficient (Wildman–Crippen LogP) is 2.64. The summed E-state index contributed by atoms with van der Waals surface area (Å²) in [5.41, 5.74) is 3.41. The summed E-state index contributed by atoms with van der Waals surface area (Å²) in [5, 5.41) is 3.90. The van der Waals surface area contributed by atoms with Gasteiger partial charge in [-0.15, -0.1) is 5.73 Å². The van der Waals surface area contributed by atoms with Gasteiger partial charge in [0.15, 0.2) is 5.76 Å². The van der Waals surface area contributed by atoms with Gasteiger partial charge in [-0.25, -0.2) is 4.39 Å². The lowest BCUT2D eigenvalue weighted by Crippen LogP contribution is -2.40. The van der Waals surface area contributed by atoms with E-state index in [0.29, 0.717) is 29.1 Å². The van der Waals surface area contributed by atoms with Gasteiger partial charge in [0.2, 0.25) is 0 Å². The molecule has 1 aromatic carbocycles. The number of nitrogens with zero attached hydrogens (tertiary/aromatic N) is 3. The number of halogens is 1. The summed E-state index contributed by atoms with van der Waals surface area (Å²) < 4.78 is 21.1. The number of allylic oxidation sites excluding steroid dienone is 1. The molecule has 0 saturated heterocycles. The van der Waals surface area contributed by atoms with Gasteiger partial charge in [0, 0.05) is 24.0 Å². The van der Waals surface area contributed by atoms with Crippen molar-refractivity contribution < 1.29 is 8.91 Å². The first-order chi connectivity index (χ1) is 12.6. The van der Waals surface area contributed by atoms with Gasteiger partial charge in [0.1, 0.15) is 11.5 Å². The molecule has 2 aromatic heterocycles. The Hall–Kier alpha value is -3.44. The summed E-state index contributed by atoms with van der Waals surface area (Å²) in [5.74, 6) is 0.0117. The Bertz CT molecular complexity index is 1160. The minimum absolute atomic E-state index is 0.0859. The number of benzene rings is 1. The second-order valence-electron chi connectivity index (χ2n) is 5.93. The Morgan fingerprint density at radius 3 is 2.85 bits per heavy atom. The van der Waals surface area contributed by atoms with Gasteiger partial charge < -0.3 is 9.09 Å². The van der Waals surface area contributed by atoms with Crippen LogP contribution in [-0.4, -0.2) is 14.3 Å². The minimum Gasteiger partial charge on any atom is -0.356 e. The Balaban J connectivity index is 1.62. The monoisotopic (exact) mass is 351 g/mol. The van der Waals surface area contributed by atoms with Crippen molar-refractivity contribution in [2.45, 2.75) is 19.4 Å². The van der Waals surface area contributed by atoms with Crippen LogP contribution in [0, 0.1) is 5.82 Å². The van der Waals surface area contributed by atoms with E-state index in [1.807, 2.05) is 6.08 Å². The van der Waals surface area contributed by atoms with E-state index in [-0.39, 0.29) is 12.4 Å². The zero-order valence-corrected chi connectivity index (χ0v) is 13.7. The first-order valence-corrected chi connectivity index (χ1v) is 8.10. The molecule has 7 heteroatoms. The lowest BCUT2D eigenvalue weighted by molar-refractivity contribution is 0.420. The maximum Gasteiger partial charge on any atom is 0.321 e. The van der Waals surface area contributed by atoms with Crippen LogP contribution in [0.2, 0.25) is 0 Å². The lowest BCUT2D eigenvalue weighted by atomic mass is 10.1. The first-order valence-electron chi connectivity index (χ1n) is 8.10. The van der Waals surface area contributed by atoms with E-state index in [0.717, 1.165) is 6.42 Å². The van der Waals surface area contributed by atoms with Crippen LogP contribution < -0.4 is 11.1 Å². The fourth-order valence-electron chi connectivity index (χ4n) is 2.85. The van der Waals surface area contributed by atoms with Crippen molar-refractivity contribution in [3.05, 3.63) is 86.8 Å². The van der Waals surface area contributed by atoms with Crippen LogP contribution in [0.5, 0.6) is 0 Å². The average molecular weight is 351 g/mol. The Morgan fingerprint density at radius 1 is 1.19 bits per heavy atom. The molecule has 0 saturated carbocycles. The molecule has 0 spiro atoms. The third-order valence-corrected chi connectivity index (χ3v) is 4.14. The number of hydrogen-bond acceptors (Lipinski definition) is 4. The van der Waals surface area contributed by atoms with E-state index >= 15 is 0 Å². The molecule has 0 bridgehead atoms. The van der Waals surface area contributed by atoms with E-state index in [1.54, 1.807) is 24.4 Å². The average Bonchev–Trinajstić information content (AvgIpc) is 3.31. The highest BCUT2D eigenvalue weighted by Crippen LogP contribution is 2.21. The summed E-state index contributed by atoms with van der Waals surface area (Å²) in [6.07, 6.45) is 6.43. The molecule has 1 aliphatic carbocycles. The summed E-state index contributed by atoms with van der Waals surface area (Å²) in [6.45, 7) is 0.0859. The van der Waals surface area contributed by atoms with Gasteiger partial charge in [-0.3, -0.25) is 14.2 Å². The highest BCUT2D eigenvalue weighted by molar-refractivity contribution is 5.57. The standard InChI is InChI=1S/C19H14FN3O3/c20-14-5-3-4-13(10-14)17-11-15(21-26-17)12-22-8-9-23(19(25)18(22)24)16-6-1-2-7-16/h1,3-5,8-11H,2,7,12H2. The molecule has 3 aromatic rings. The topological polar surface area (TPSA) is 70.0 Å². The molecular formula is C19H14FN3O3. The van der Waals surface area contributed by atoms with Gasteiger partial charge in [0.25, 0.3) is 0 Å². The van der Waals surface area contributed by atoms with Crippen LogP contribution >= 0.6 is 0 Å². The first kappa shape index (κ1) is 16.1. The predicted molar refractivity (Wildman–Crippen MR) is 93.0 cm³/mol. The van der Waals surface area contributed by atoms with Gasteiger partial charge in [0.05, 0.1) is 12.2 Å². The third-order valence-electron chi connectivity index (χ3n) is 4.14. The summed E-state index contributed by atoms with van der Waals surface area (Å²) in [6, 6.07) is 7.56. The molecule has 0 amide bonds. The van der Waals surface area contributed by atoms with Crippen LogP contribution in [0.3, 0.4) is 0 Å². The molecule has 6 nitrogen and oxygen atoms in total. The Kier molecular flexibility index (Phi) is 3.99. The van der Waals surface area contributed by atoms with Crippen LogP contribution in [0.25, 0.3) is 17.0 Å². The Morgan fingerprint density at radius 2 is 2.08 bits per heavy atom. The fraction of sp³-hybridized carbons (Fsp3) is 0.158. The maximum absolute atomic E-state index is 13.3. The molecule has 4 rings (SSSR count). The van der Waals surface area contributed by atoms with Crippen LogP contribution in [0.1, 0.15) is 18.5 Å². The molecule has 0 radical (unpaired) electrons.